The molecule has 1 N–H and O–H groups in total. The second kappa shape index (κ2) is 15.1. The van der Waals surface area contributed by atoms with Crippen molar-refractivity contribution < 1.29 is 27.8 Å². The molecule has 0 aliphatic heterocycles. The maximum absolute atomic E-state index is 14.7. The molecule has 0 bridgehead atoms. The number of ether oxygens (including phenoxy) is 3. The van der Waals surface area contributed by atoms with Gasteiger partial charge < -0.3 is 24.1 Å². The highest BCUT2D eigenvalue weighted by atomic mass is 19.1. The van der Waals surface area contributed by atoms with Gasteiger partial charge in [0.05, 0.1) is 51.1 Å². The number of nitrogens with one attached hydrogen (secondary N) is 1. The summed E-state index contributed by atoms with van der Waals surface area (Å²) in [4.78, 5) is 30.2. The lowest BCUT2D eigenvalue weighted by atomic mass is 9.77. The summed E-state index contributed by atoms with van der Waals surface area (Å²) in [6.07, 6.45) is 8.70. The van der Waals surface area contributed by atoms with Crippen molar-refractivity contribution in [2.24, 2.45) is 11.8 Å². The standard InChI is InChI=1S/C29H39F2N5O4/c1-3-38-9-10-40-12-11-39-8-7-36(2)27(37)15-21-6-4-5-20(13-21)14-26-25(31)19-34-29(35-26)24-18-33-28-23(24)16-22(30)17-32-28/h16-21H,3-15H2,1-2H3,(H,32,33)/t20-,21+/m0/s1. The molecule has 1 amide bonds. The predicted octanol–water partition coefficient (Wildman–Crippen LogP) is 4.57. The SMILES string of the molecule is CCOCCOCCOCCN(C)C(=O)C[C@@H]1CCC[C@H](Cc2nc(-c3c[nH]c4ncc(F)cc34)ncc2F)C1. The number of hydrogen-bond donors (Lipinski definition) is 1. The number of likely N-dealkylation sites (N-methyl/N-ethyl adjacent to an activating group) is 1. The third-order valence-corrected chi connectivity index (χ3v) is 7.34. The van der Waals surface area contributed by atoms with Crippen LogP contribution in [0.4, 0.5) is 8.78 Å². The van der Waals surface area contributed by atoms with Crippen molar-refractivity contribution in [1.29, 1.82) is 0 Å². The van der Waals surface area contributed by atoms with Crippen molar-refractivity contribution in [3.8, 4) is 11.4 Å². The van der Waals surface area contributed by atoms with Crippen molar-refractivity contribution in [2.75, 3.05) is 53.2 Å². The van der Waals surface area contributed by atoms with Crippen LogP contribution in [0.25, 0.3) is 22.4 Å². The van der Waals surface area contributed by atoms with Gasteiger partial charge in [-0.2, -0.15) is 0 Å². The molecule has 1 aliphatic rings. The molecule has 0 saturated heterocycles. The van der Waals surface area contributed by atoms with Gasteiger partial charge in [-0.25, -0.2) is 23.7 Å². The highest BCUT2D eigenvalue weighted by Crippen LogP contribution is 2.34. The number of carbonyl (C=O) groups excluding carboxylic acids is 1. The Morgan fingerprint density at radius 1 is 1.05 bits per heavy atom. The second-order valence-electron chi connectivity index (χ2n) is 10.3. The number of carbonyl (C=O) groups is 1. The van der Waals surface area contributed by atoms with Gasteiger partial charge in [0.25, 0.3) is 0 Å². The lowest BCUT2D eigenvalue weighted by molar-refractivity contribution is -0.132. The fourth-order valence-electron chi connectivity index (χ4n) is 5.20. The minimum atomic E-state index is -0.463. The van der Waals surface area contributed by atoms with E-state index < -0.39 is 11.6 Å². The van der Waals surface area contributed by atoms with Crippen molar-refractivity contribution in [3.05, 3.63) is 42.0 Å². The average Bonchev–Trinajstić information content (AvgIpc) is 3.36. The van der Waals surface area contributed by atoms with Crippen molar-refractivity contribution >= 4 is 16.9 Å². The minimum Gasteiger partial charge on any atom is -0.379 e. The molecule has 40 heavy (non-hydrogen) atoms. The van der Waals surface area contributed by atoms with E-state index in [1.54, 1.807) is 18.1 Å². The smallest absolute Gasteiger partial charge is 0.222 e. The van der Waals surface area contributed by atoms with Gasteiger partial charge in [-0.15, -0.1) is 0 Å². The van der Waals surface area contributed by atoms with Gasteiger partial charge >= 0.3 is 0 Å². The lowest BCUT2D eigenvalue weighted by Gasteiger charge is -2.30. The fraction of sp³-hybridized carbons (Fsp3) is 0.586. The normalized spacial score (nSPS) is 17.4. The maximum Gasteiger partial charge on any atom is 0.222 e. The van der Waals surface area contributed by atoms with E-state index >= 15 is 0 Å². The molecule has 218 valence electrons. The van der Waals surface area contributed by atoms with Gasteiger partial charge in [0.2, 0.25) is 5.91 Å². The van der Waals surface area contributed by atoms with Crippen LogP contribution < -0.4 is 0 Å². The summed E-state index contributed by atoms with van der Waals surface area (Å²) in [6.45, 7) is 5.71. The number of pyridine rings is 1. The molecular formula is C29H39F2N5O4. The summed E-state index contributed by atoms with van der Waals surface area (Å²) in [5, 5.41) is 0.550. The van der Waals surface area contributed by atoms with E-state index in [9.17, 15) is 13.6 Å². The number of amides is 1. The van der Waals surface area contributed by atoms with Crippen LogP contribution in [-0.2, 0) is 25.4 Å². The summed E-state index contributed by atoms with van der Waals surface area (Å²) in [6, 6.07) is 1.37. The number of nitrogens with zero attached hydrogens (tertiary/aromatic N) is 4. The lowest BCUT2D eigenvalue weighted by Crippen LogP contribution is -2.33. The molecule has 1 fully saturated rings. The Balaban J connectivity index is 1.24. The fourth-order valence-corrected chi connectivity index (χ4v) is 5.20. The number of aromatic amines is 1. The number of hydrogen-bond acceptors (Lipinski definition) is 7. The van der Waals surface area contributed by atoms with E-state index in [2.05, 4.69) is 19.9 Å². The molecule has 3 heterocycles. The zero-order chi connectivity index (χ0) is 28.3. The van der Waals surface area contributed by atoms with Crippen LogP contribution >= 0.6 is 0 Å². The molecule has 9 nitrogen and oxygen atoms in total. The molecule has 4 rings (SSSR count). The molecule has 0 radical (unpaired) electrons. The van der Waals surface area contributed by atoms with E-state index in [4.69, 9.17) is 14.2 Å². The van der Waals surface area contributed by atoms with E-state index in [1.807, 2.05) is 6.92 Å². The number of H-pyrrole nitrogens is 1. The third kappa shape index (κ3) is 8.49. The molecule has 1 saturated carbocycles. The Bertz CT molecular complexity index is 1240. The van der Waals surface area contributed by atoms with Crippen LogP contribution in [0.3, 0.4) is 0 Å². The first-order valence-corrected chi connectivity index (χ1v) is 14.1. The van der Waals surface area contributed by atoms with Gasteiger partial charge in [-0.3, -0.25) is 4.79 Å². The number of fused-ring (bicyclic) bond motifs is 1. The number of halogens is 2. The average molecular weight is 560 g/mol. The van der Waals surface area contributed by atoms with Crippen molar-refractivity contribution in [3.63, 3.8) is 0 Å². The molecule has 1 aliphatic carbocycles. The minimum absolute atomic E-state index is 0.0953. The summed E-state index contributed by atoms with van der Waals surface area (Å²) in [5.74, 6) is -0.0140. The topological polar surface area (TPSA) is 102 Å². The first-order chi connectivity index (χ1) is 19.4. The quantitative estimate of drug-likeness (QED) is 0.272. The van der Waals surface area contributed by atoms with Gasteiger partial charge in [0.1, 0.15) is 11.5 Å². The van der Waals surface area contributed by atoms with Crippen LogP contribution in [0.2, 0.25) is 0 Å². The van der Waals surface area contributed by atoms with Crippen LogP contribution in [0, 0.1) is 23.5 Å². The first-order valence-electron chi connectivity index (χ1n) is 14.1. The Morgan fingerprint density at radius 2 is 1.80 bits per heavy atom. The largest absolute Gasteiger partial charge is 0.379 e. The summed E-state index contributed by atoms with van der Waals surface area (Å²) in [7, 11) is 1.80. The summed E-state index contributed by atoms with van der Waals surface area (Å²) < 4.78 is 44.7. The molecule has 0 spiro atoms. The molecule has 3 aromatic rings. The molecule has 0 unspecified atom stereocenters. The highest BCUT2D eigenvalue weighted by molar-refractivity contribution is 5.91. The van der Waals surface area contributed by atoms with Gasteiger partial charge in [0.15, 0.2) is 11.6 Å². The highest BCUT2D eigenvalue weighted by Gasteiger charge is 2.27. The second-order valence-corrected chi connectivity index (χ2v) is 10.3. The van der Waals surface area contributed by atoms with Gasteiger partial charge in [-0.1, -0.05) is 12.8 Å². The predicted molar refractivity (Wildman–Crippen MR) is 147 cm³/mol. The van der Waals surface area contributed by atoms with Gasteiger partial charge in [0, 0.05) is 43.8 Å². The number of aromatic nitrogens is 4. The first kappa shape index (κ1) is 30.0. The zero-order valence-electron chi connectivity index (χ0n) is 23.3. The molecule has 0 aromatic carbocycles. The molecule has 3 aromatic heterocycles. The van der Waals surface area contributed by atoms with Crippen molar-refractivity contribution in [2.45, 2.75) is 45.4 Å². The van der Waals surface area contributed by atoms with E-state index in [-0.39, 0.29) is 17.7 Å². The Labute approximate surface area is 233 Å². The Morgan fingerprint density at radius 3 is 2.60 bits per heavy atom. The van der Waals surface area contributed by atoms with Gasteiger partial charge in [-0.05, 0) is 44.1 Å². The molecule has 2 atom stereocenters. The Kier molecular flexibility index (Phi) is 11.3. The molecular weight excluding hydrogens is 520 g/mol. The maximum atomic E-state index is 14.7. The van der Waals surface area contributed by atoms with Crippen LogP contribution in [0.15, 0.2) is 24.7 Å². The Hall–Kier alpha value is -3.02. The van der Waals surface area contributed by atoms with E-state index in [0.717, 1.165) is 31.9 Å². The summed E-state index contributed by atoms with van der Waals surface area (Å²) in [5.41, 5.74) is 1.44. The third-order valence-electron chi connectivity index (χ3n) is 7.34. The monoisotopic (exact) mass is 559 g/mol. The number of rotatable bonds is 15. The van der Waals surface area contributed by atoms with E-state index in [0.29, 0.717) is 87.1 Å². The van der Waals surface area contributed by atoms with E-state index in [1.165, 1.54) is 12.3 Å². The summed E-state index contributed by atoms with van der Waals surface area (Å²) >= 11 is 0. The van der Waals surface area contributed by atoms with Crippen LogP contribution in [0.5, 0.6) is 0 Å². The van der Waals surface area contributed by atoms with Crippen LogP contribution in [0.1, 0.15) is 44.7 Å². The molecule has 11 heteroatoms. The van der Waals surface area contributed by atoms with Crippen molar-refractivity contribution in [1.82, 2.24) is 24.8 Å². The van der Waals surface area contributed by atoms with Crippen LogP contribution in [-0.4, -0.2) is 84.0 Å². The zero-order valence-corrected chi connectivity index (χ0v) is 23.3.